The van der Waals surface area contributed by atoms with Crippen LogP contribution in [-0.4, -0.2) is 20.9 Å². The first-order valence-electron chi connectivity index (χ1n) is 7.78. The van der Waals surface area contributed by atoms with Gasteiger partial charge in [-0.25, -0.2) is 15.0 Å². The highest BCUT2D eigenvalue weighted by molar-refractivity contribution is 7.98. The summed E-state index contributed by atoms with van der Waals surface area (Å²) in [7, 11) is 0. The molecule has 0 aliphatic carbocycles. The second-order valence-electron chi connectivity index (χ2n) is 5.61. The van der Waals surface area contributed by atoms with Crippen LogP contribution in [0.2, 0.25) is 0 Å². The summed E-state index contributed by atoms with van der Waals surface area (Å²) in [6.45, 7) is 5.76. The van der Waals surface area contributed by atoms with Gasteiger partial charge in [-0.3, -0.25) is 4.79 Å². The van der Waals surface area contributed by atoms with E-state index < -0.39 is 0 Å². The van der Waals surface area contributed by atoms with Gasteiger partial charge in [0.2, 0.25) is 0 Å². The summed E-state index contributed by atoms with van der Waals surface area (Å²) in [5, 5.41) is 3.45. The molecular formula is C18H18N4O2S. The zero-order valence-corrected chi connectivity index (χ0v) is 15.1. The van der Waals surface area contributed by atoms with Crippen LogP contribution >= 0.6 is 11.8 Å². The molecule has 25 heavy (non-hydrogen) atoms. The van der Waals surface area contributed by atoms with Crippen LogP contribution in [-0.2, 0) is 5.75 Å². The topological polar surface area (TPSA) is 80.9 Å². The maximum atomic E-state index is 12.3. The van der Waals surface area contributed by atoms with Crippen molar-refractivity contribution in [1.29, 1.82) is 0 Å². The summed E-state index contributed by atoms with van der Waals surface area (Å²) in [4.78, 5) is 25.2. The number of thioether (sulfide) groups is 1. The van der Waals surface area contributed by atoms with Crippen molar-refractivity contribution in [2.75, 3.05) is 5.32 Å². The van der Waals surface area contributed by atoms with Crippen LogP contribution in [0.4, 0.5) is 5.82 Å². The number of carbonyl (C=O) groups is 1. The lowest BCUT2D eigenvalue weighted by Gasteiger charge is -2.05. The first-order chi connectivity index (χ1) is 12.0. The number of pyridine rings is 1. The molecule has 0 fully saturated rings. The largest absolute Gasteiger partial charge is 0.455 e. The lowest BCUT2D eigenvalue weighted by atomic mass is 10.3. The van der Waals surface area contributed by atoms with E-state index in [1.165, 1.54) is 11.8 Å². The van der Waals surface area contributed by atoms with E-state index in [0.29, 0.717) is 22.5 Å². The number of nitrogens with zero attached hydrogens (tertiary/aromatic N) is 3. The number of nitrogens with one attached hydrogen (secondary N) is 1. The van der Waals surface area contributed by atoms with Gasteiger partial charge in [-0.1, -0.05) is 17.8 Å². The Bertz CT molecular complexity index is 887. The number of amides is 1. The summed E-state index contributed by atoms with van der Waals surface area (Å²) >= 11 is 1.47. The first kappa shape index (κ1) is 17.2. The van der Waals surface area contributed by atoms with Gasteiger partial charge in [0.25, 0.3) is 5.91 Å². The Hall–Kier alpha value is -2.67. The predicted octanol–water partition coefficient (Wildman–Crippen LogP) is 3.93. The van der Waals surface area contributed by atoms with Crippen molar-refractivity contribution >= 4 is 23.5 Å². The Balaban J connectivity index is 1.64. The molecule has 0 saturated carbocycles. The van der Waals surface area contributed by atoms with Gasteiger partial charge in [-0.15, -0.1) is 0 Å². The van der Waals surface area contributed by atoms with Crippen molar-refractivity contribution in [2.45, 2.75) is 31.7 Å². The molecule has 0 atom stereocenters. The Labute approximate surface area is 150 Å². The van der Waals surface area contributed by atoms with Crippen molar-refractivity contribution in [3.8, 4) is 0 Å². The van der Waals surface area contributed by atoms with E-state index in [4.69, 9.17) is 4.42 Å². The number of hydrogen-bond acceptors (Lipinski definition) is 6. The van der Waals surface area contributed by atoms with E-state index in [9.17, 15) is 4.79 Å². The van der Waals surface area contributed by atoms with E-state index >= 15 is 0 Å². The van der Waals surface area contributed by atoms with Crippen LogP contribution in [0.3, 0.4) is 0 Å². The molecule has 3 aromatic rings. The number of aryl methyl sites for hydroxylation is 3. The van der Waals surface area contributed by atoms with Gasteiger partial charge in [0.1, 0.15) is 11.6 Å². The first-order valence-corrected chi connectivity index (χ1v) is 8.76. The standard InChI is InChI=1S/C18H18N4O2S/c1-11-5-4-8-19-16(11)22-17(23)15-7-6-14(24-15)10-25-18-20-12(2)9-13(3)21-18/h4-9H,10H2,1-3H3,(H,19,22,23). The van der Waals surface area contributed by atoms with Crippen LogP contribution in [0.1, 0.15) is 33.3 Å². The summed E-state index contributed by atoms with van der Waals surface area (Å²) in [5.41, 5.74) is 2.76. The minimum Gasteiger partial charge on any atom is -0.455 e. The van der Waals surface area contributed by atoms with Crippen molar-refractivity contribution in [2.24, 2.45) is 0 Å². The molecule has 0 bridgehead atoms. The average Bonchev–Trinajstić information content (AvgIpc) is 3.03. The van der Waals surface area contributed by atoms with Crippen LogP contribution < -0.4 is 5.32 Å². The van der Waals surface area contributed by atoms with Gasteiger partial charge in [0.05, 0.1) is 5.75 Å². The minimum absolute atomic E-state index is 0.252. The number of anilines is 1. The van der Waals surface area contributed by atoms with E-state index in [1.54, 1.807) is 18.3 Å². The summed E-state index contributed by atoms with van der Waals surface area (Å²) in [6, 6.07) is 9.08. The molecule has 0 saturated heterocycles. The molecule has 0 aliphatic heterocycles. The van der Waals surface area contributed by atoms with E-state index in [-0.39, 0.29) is 11.7 Å². The van der Waals surface area contributed by atoms with Crippen LogP contribution in [0.25, 0.3) is 0 Å². The van der Waals surface area contributed by atoms with Gasteiger partial charge in [-0.2, -0.15) is 0 Å². The number of rotatable bonds is 5. The maximum Gasteiger partial charge on any atom is 0.292 e. The van der Waals surface area contributed by atoms with Crippen LogP contribution in [0, 0.1) is 20.8 Å². The number of furan rings is 1. The molecule has 7 heteroatoms. The van der Waals surface area contributed by atoms with Gasteiger partial charge >= 0.3 is 0 Å². The average molecular weight is 354 g/mol. The molecule has 1 N–H and O–H groups in total. The third-order valence-corrected chi connectivity index (χ3v) is 4.30. The number of carbonyl (C=O) groups excluding carboxylic acids is 1. The minimum atomic E-state index is -0.319. The van der Waals surface area contributed by atoms with Gasteiger partial charge in [0, 0.05) is 17.6 Å². The highest BCUT2D eigenvalue weighted by Gasteiger charge is 2.13. The summed E-state index contributed by atoms with van der Waals surface area (Å²) < 4.78 is 5.62. The predicted molar refractivity (Wildman–Crippen MR) is 96.7 cm³/mol. The number of hydrogen-bond donors (Lipinski definition) is 1. The third kappa shape index (κ3) is 4.45. The lowest BCUT2D eigenvalue weighted by Crippen LogP contribution is -2.12. The molecule has 128 valence electrons. The molecule has 1 amide bonds. The smallest absolute Gasteiger partial charge is 0.292 e. The molecular weight excluding hydrogens is 336 g/mol. The zero-order chi connectivity index (χ0) is 17.8. The molecule has 0 aromatic carbocycles. The quantitative estimate of drug-likeness (QED) is 0.552. The SMILES string of the molecule is Cc1cc(C)nc(SCc2ccc(C(=O)Nc3ncccc3C)o2)n1. The lowest BCUT2D eigenvalue weighted by molar-refractivity contribution is 0.0995. The number of aromatic nitrogens is 3. The van der Waals surface area contributed by atoms with Crippen molar-refractivity contribution in [1.82, 2.24) is 15.0 Å². The van der Waals surface area contributed by atoms with Crippen molar-refractivity contribution in [3.05, 3.63) is 65.0 Å². The summed E-state index contributed by atoms with van der Waals surface area (Å²) in [6.07, 6.45) is 1.64. The monoisotopic (exact) mass is 354 g/mol. The molecule has 3 rings (SSSR count). The maximum absolute atomic E-state index is 12.3. The Morgan fingerprint density at radius 3 is 2.64 bits per heavy atom. The molecule has 0 radical (unpaired) electrons. The molecule has 3 heterocycles. The van der Waals surface area contributed by atoms with Crippen molar-refractivity contribution < 1.29 is 9.21 Å². The highest BCUT2D eigenvalue weighted by Crippen LogP contribution is 2.22. The van der Waals surface area contributed by atoms with Crippen LogP contribution in [0.15, 0.2) is 46.1 Å². The van der Waals surface area contributed by atoms with E-state index in [2.05, 4.69) is 20.3 Å². The molecule has 0 unspecified atom stereocenters. The fourth-order valence-corrected chi connectivity index (χ4v) is 3.10. The van der Waals surface area contributed by atoms with Gasteiger partial charge < -0.3 is 9.73 Å². The van der Waals surface area contributed by atoms with Gasteiger partial charge in [0.15, 0.2) is 10.9 Å². The molecule has 0 aliphatic rings. The fraction of sp³-hybridized carbons (Fsp3) is 0.222. The zero-order valence-electron chi connectivity index (χ0n) is 14.2. The Kier molecular flexibility index (Phi) is 5.14. The van der Waals surface area contributed by atoms with Gasteiger partial charge in [-0.05, 0) is 50.6 Å². The second-order valence-corrected chi connectivity index (χ2v) is 6.55. The summed E-state index contributed by atoms with van der Waals surface area (Å²) in [5.74, 6) is 1.71. The molecule has 0 spiro atoms. The Morgan fingerprint density at radius 1 is 1.16 bits per heavy atom. The van der Waals surface area contributed by atoms with E-state index in [1.807, 2.05) is 39.0 Å². The molecule has 3 aromatic heterocycles. The Morgan fingerprint density at radius 2 is 1.92 bits per heavy atom. The third-order valence-electron chi connectivity index (χ3n) is 3.43. The molecule has 6 nitrogen and oxygen atoms in total. The van der Waals surface area contributed by atoms with E-state index in [0.717, 1.165) is 17.0 Å². The second kappa shape index (κ2) is 7.48. The normalized spacial score (nSPS) is 10.7. The highest BCUT2D eigenvalue weighted by atomic mass is 32.2. The fourth-order valence-electron chi connectivity index (χ4n) is 2.26. The van der Waals surface area contributed by atoms with Crippen LogP contribution in [0.5, 0.6) is 0 Å². The van der Waals surface area contributed by atoms with Crippen molar-refractivity contribution in [3.63, 3.8) is 0 Å².